The van der Waals surface area contributed by atoms with Crippen molar-refractivity contribution in [1.82, 2.24) is 0 Å². The molecule has 0 aliphatic rings. The summed E-state index contributed by atoms with van der Waals surface area (Å²) in [6.07, 6.45) is 2.34. The molecular weight excluding hydrogens is 184 g/mol. The number of hydrogen-bond acceptors (Lipinski definition) is 0. The summed E-state index contributed by atoms with van der Waals surface area (Å²) in [5.74, 6) is 0.701. The number of hydrogen-bond donors (Lipinski definition) is 0. The van der Waals surface area contributed by atoms with Crippen molar-refractivity contribution in [2.75, 3.05) is 5.88 Å². The van der Waals surface area contributed by atoms with Crippen molar-refractivity contribution in [3.8, 4) is 0 Å². The van der Waals surface area contributed by atoms with E-state index in [0.717, 1.165) is 0 Å². The molecule has 0 unspecified atom stereocenters. The molecule has 0 fully saturated rings. The van der Waals surface area contributed by atoms with E-state index in [2.05, 4.69) is 46.5 Å². The van der Waals surface area contributed by atoms with Gasteiger partial charge >= 0.3 is 0 Å². The van der Waals surface area contributed by atoms with Crippen LogP contribution in [0.1, 0.15) is 20.8 Å². The number of alkyl halides is 1. The Morgan fingerprint density at radius 3 is 1.75 bits per heavy atom. The molecule has 0 radical (unpaired) electrons. The fourth-order valence-corrected chi connectivity index (χ4v) is 3.52. The van der Waals surface area contributed by atoms with Gasteiger partial charge in [0.25, 0.3) is 0 Å². The summed E-state index contributed by atoms with van der Waals surface area (Å²) < 4.78 is 0. The third-order valence-electron chi connectivity index (χ3n) is 1.71. The summed E-state index contributed by atoms with van der Waals surface area (Å²) >= 11 is 5.92. The summed E-state index contributed by atoms with van der Waals surface area (Å²) in [5.41, 5.74) is 0.268. The van der Waals surface area contributed by atoms with Crippen LogP contribution in [0, 0.1) is 5.41 Å². The van der Waals surface area contributed by atoms with Crippen LogP contribution in [0.2, 0.25) is 19.6 Å². The fourth-order valence-electron chi connectivity index (χ4n) is 0.978. The van der Waals surface area contributed by atoms with E-state index < -0.39 is 8.07 Å². The summed E-state index contributed by atoms with van der Waals surface area (Å²) in [4.78, 5) is 0. The molecule has 0 saturated carbocycles. The molecule has 0 spiro atoms. The third kappa shape index (κ3) is 4.99. The van der Waals surface area contributed by atoms with Crippen LogP contribution in [0.3, 0.4) is 0 Å². The van der Waals surface area contributed by atoms with E-state index in [1.165, 1.54) is 5.20 Å². The van der Waals surface area contributed by atoms with Crippen molar-refractivity contribution in [2.45, 2.75) is 40.4 Å². The Balaban J connectivity index is 4.68. The maximum Gasteiger partial charge on any atom is 0.0736 e. The van der Waals surface area contributed by atoms with Crippen molar-refractivity contribution >= 4 is 19.7 Å². The fraction of sp³-hybridized carbons (Fsp3) is 0.800. The quantitative estimate of drug-likeness (QED) is 0.470. The number of halogens is 1. The van der Waals surface area contributed by atoms with Gasteiger partial charge in [-0.25, -0.2) is 0 Å². The zero-order chi connectivity index (χ0) is 9.99. The second kappa shape index (κ2) is 3.97. The first kappa shape index (κ1) is 12.2. The highest BCUT2D eigenvalue weighted by atomic mass is 35.5. The molecule has 0 aromatic carbocycles. The summed E-state index contributed by atoms with van der Waals surface area (Å²) in [6.45, 7) is 13.7. The molecule has 0 aromatic rings. The van der Waals surface area contributed by atoms with Gasteiger partial charge in [0.15, 0.2) is 0 Å². The highest BCUT2D eigenvalue weighted by Gasteiger charge is 2.20. The molecule has 0 nitrogen and oxygen atoms in total. The van der Waals surface area contributed by atoms with Crippen LogP contribution >= 0.6 is 11.6 Å². The first-order valence-electron chi connectivity index (χ1n) is 4.45. The van der Waals surface area contributed by atoms with Crippen LogP contribution < -0.4 is 0 Å². The summed E-state index contributed by atoms with van der Waals surface area (Å²) in [6, 6.07) is 0. The maximum absolute atomic E-state index is 5.92. The van der Waals surface area contributed by atoms with Crippen molar-refractivity contribution in [3.05, 3.63) is 11.3 Å². The molecule has 0 aliphatic heterocycles. The molecule has 0 rings (SSSR count). The van der Waals surface area contributed by atoms with E-state index in [1.807, 2.05) is 0 Å². The average molecular weight is 205 g/mol. The minimum atomic E-state index is -1.17. The lowest BCUT2D eigenvalue weighted by Gasteiger charge is -2.23. The lowest BCUT2D eigenvalue weighted by Crippen LogP contribution is -2.26. The van der Waals surface area contributed by atoms with Gasteiger partial charge in [-0.05, 0) is 5.41 Å². The van der Waals surface area contributed by atoms with E-state index in [0.29, 0.717) is 5.88 Å². The molecule has 0 heterocycles. The van der Waals surface area contributed by atoms with Gasteiger partial charge in [-0.1, -0.05) is 51.7 Å². The van der Waals surface area contributed by atoms with Gasteiger partial charge in [0, 0.05) is 5.88 Å². The molecule has 12 heavy (non-hydrogen) atoms. The number of allylic oxidation sites excluding steroid dienone is 2. The first-order valence-corrected chi connectivity index (χ1v) is 8.48. The molecule has 0 N–H and O–H groups in total. The van der Waals surface area contributed by atoms with Gasteiger partial charge in [-0.15, -0.1) is 11.6 Å². The molecule has 0 aromatic heterocycles. The van der Waals surface area contributed by atoms with E-state index in [9.17, 15) is 0 Å². The van der Waals surface area contributed by atoms with E-state index in [1.54, 1.807) is 0 Å². The van der Waals surface area contributed by atoms with Gasteiger partial charge in [-0.3, -0.25) is 0 Å². The van der Waals surface area contributed by atoms with Gasteiger partial charge in [-0.2, -0.15) is 0 Å². The van der Waals surface area contributed by atoms with Crippen molar-refractivity contribution in [1.29, 1.82) is 0 Å². The summed E-state index contributed by atoms with van der Waals surface area (Å²) in [7, 11) is -1.17. The molecule has 0 aliphatic carbocycles. The Bertz CT molecular complexity index is 169. The highest BCUT2D eigenvalue weighted by molar-refractivity contribution is 6.83. The standard InChI is InChI=1S/C10H21ClSi/c1-10(2,3)7-9(8-11)12(4,5)6/h7H,8H2,1-6H3/b9-7-. The Kier molecular flexibility index (Phi) is 4.05. The van der Waals surface area contributed by atoms with Crippen LogP contribution in [0.4, 0.5) is 0 Å². The Morgan fingerprint density at radius 1 is 1.25 bits per heavy atom. The predicted molar refractivity (Wildman–Crippen MR) is 61.6 cm³/mol. The molecule has 2 heteroatoms. The van der Waals surface area contributed by atoms with Gasteiger partial charge in [0.05, 0.1) is 8.07 Å². The minimum absolute atomic E-state index is 0.268. The zero-order valence-electron chi connectivity index (χ0n) is 9.16. The van der Waals surface area contributed by atoms with E-state index >= 15 is 0 Å². The molecule has 72 valence electrons. The second-order valence-electron chi connectivity index (χ2n) is 5.42. The van der Waals surface area contributed by atoms with Crippen LogP contribution in [-0.4, -0.2) is 14.0 Å². The van der Waals surface area contributed by atoms with Crippen molar-refractivity contribution in [3.63, 3.8) is 0 Å². The van der Waals surface area contributed by atoms with Gasteiger partial charge in [0.1, 0.15) is 0 Å². The van der Waals surface area contributed by atoms with E-state index in [4.69, 9.17) is 11.6 Å². The molecule has 0 bridgehead atoms. The van der Waals surface area contributed by atoms with Gasteiger partial charge in [0.2, 0.25) is 0 Å². The lowest BCUT2D eigenvalue weighted by atomic mass is 9.96. The number of rotatable bonds is 2. The Hall–Kier alpha value is 0.247. The second-order valence-corrected chi connectivity index (χ2v) is 10.8. The first-order chi connectivity index (χ1) is 5.17. The van der Waals surface area contributed by atoms with Crippen molar-refractivity contribution < 1.29 is 0 Å². The largest absolute Gasteiger partial charge is 0.122 e. The molecule has 0 amide bonds. The van der Waals surface area contributed by atoms with Crippen LogP contribution in [0.15, 0.2) is 11.3 Å². The predicted octanol–water partition coefficient (Wildman–Crippen LogP) is 4.08. The third-order valence-corrected chi connectivity index (χ3v) is 4.47. The van der Waals surface area contributed by atoms with Crippen LogP contribution in [0.5, 0.6) is 0 Å². The Labute approximate surface area is 83.0 Å². The summed E-state index contributed by atoms with van der Waals surface area (Å²) in [5, 5.41) is 1.47. The lowest BCUT2D eigenvalue weighted by molar-refractivity contribution is 0.542. The molecule has 0 saturated heterocycles. The highest BCUT2D eigenvalue weighted by Crippen LogP contribution is 2.24. The topological polar surface area (TPSA) is 0 Å². The van der Waals surface area contributed by atoms with E-state index in [-0.39, 0.29) is 5.41 Å². The van der Waals surface area contributed by atoms with Gasteiger partial charge < -0.3 is 0 Å². The minimum Gasteiger partial charge on any atom is -0.122 e. The smallest absolute Gasteiger partial charge is 0.0736 e. The van der Waals surface area contributed by atoms with Crippen LogP contribution in [0.25, 0.3) is 0 Å². The zero-order valence-corrected chi connectivity index (χ0v) is 10.9. The average Bonchev–Trinajstić information content (AvgIpc) is 1.78. The van der Waals surface area contributed by atoms with Crippen LogP contribution in [-0.2, 0) is 0 Å². The molecular formula is C10H21ClSi. The monoisotopic (exact) mass is 204 g/mol. The Morgan fingerprint density at radius 2 is 1.67 bits per heavy atom. The SMILES string of the molecule is CC(C)(C)/C=C(/CCl)[Si](C)(C)C. The maximum atomic E-state index is 5.92. The van der Waals surface area contributed by atoms with Crippen molar-refractivity contribution in [2.24, 2.45) is 5.41 Å². The molecule has 0 atom stereocenters. The normalized spacial score (nSPS) is 15.1.